The number of hydrogen-bond acceptors (Lipinski definition) is 4. The Labute approximate surface area is 243 Å². The lowest BCUT2D eigenvalue weighted by Gasteiger charge is -2.39. The van der Waals surface area contributed by atoms with Crippen LogP contribution in [0.15, 0.2) is 48.9 Å². The zero-order valence-corrected chi connectivity index (χ0v) is 22.5. The third kappa shape index (κ3) is 4.63. The highest BCUT2D eigenvalue weighted by Gasteiger charge is 2.53. The van der Waals surface area contributed by atoms with Crippen LogP contribution in [0.3, 0.4) is 0 Å². The first-order valence-corrected chi connectivity index (χ1v) is 13.4. The Kier molecular flexibility index (Phi) is 6.05. The van der Waals surface area contributed by atoms with Gasteiger partial charge in [0.1, 0.15) is 18.7 Å². The largest absolute Gasteiger partial charge is 0.416 e. The molecule has 0 aliphatic carbocycles. The molecule has 3 aromatic heterocycles. The summed E-state index contributed by atoms with van der Waals surface area (Å²) < 4.78 is 105. The van der Waals surface area contributed by atoms with Crippen molar-refractivity contribution in [2.75, 3.05) is 26.2 Å². The number of hydrogen-bond donors (Lipinski definition) is 1. The zero-order chi connectivity index (χ0) is 31.2. The molecule has 44 heavy (non-hydrogen) atoms. The minimum atomic E-state index is -4.80. The molecule has 6 heterocycles. The SMILES string of the molecule is O=C1NCC(c2cn3c4c(cc(C(F)(F)F)cc24)CN(C(=O)N2CC(F)(F)OC(F)(F)C2)CC3)=C1c1cnc2ccccn12. The number of imidazole rings is 1. The number of urea groups is 1. The fourth-order valence-corrected chi connectivity index (χ4v) is 6.13. The van der Waals surface area contributed by atoms with Gasteiger partial charge in [0.15, 0.2) is 0 Å². The molecule has 4 aromatic rings. The van der Waals surface area contributed by atoms with Crippen LogP contribution < -0.4 is 5.32 Å². The fourth-order valence-electron chi connectivity index (χ4n) is 6.13. The number of nitrogens with one attached hydrogen (secondary N) is 1. The molecule has 7 rings (SSSR count). The monoisotopic (exact) mass is 622 g/mol. The van der Waals surface area contributed by atoms with Crippen LogP contribution in [-0.2, 0) is 28.8 Å². The number of morpholine rings is 1. The van der Waals surface area contributed by atoms with Crippen LogP contribution in [0.5, 0.6) is 0 Å². The van der Waals surface area contributed by atoms with Crippen molar-refractivity contribution in [1.29, 1.82) is 0 Å². The number of alkyl halides is 7. The molecular formula is C28H21F7N6O3. The van der Waals surface area contributed by atoms with Crippen LogP contribution >= 0.6 is 0 Å². The van der Waals surface area contributed by atoms with Gasteiger partial charge in [-0.3, -0.25) is 13.9 Å². The first-order valence-electron chi connectivity index (χ1n) is 13.4. The van der Waals surface area contributed by atoms with Crippen molar-refractivity contribution in [3.63, 3.8) is 0 Å². The van der Waals surface area contributed by atoms with Crippen LogP contribution in [-0.4, -0.2) is 74.1 Å². The second-order valence-electron chi connectivity index (χ2n) is 10.8. The Morgan fingerprint density at radius 3 is 2.50 bits per heavy atom. The molecule has 0 atom stereocenters. The minimum absolute atomic E-state index is 0.0112. The zero-order valence-electron chi connectivity index (χ0n) is 22.5. The molecule has 0 spiro atoms. The van der Waals surface area contributed by atoms with E-state index in [1.165, 1.54) is 6.20 Å². The number of nitrogens with zero attached hydrogens (tertiary/aromatic N) is 5. The first-order chi connectivity index (χ1) is 20.7. The summed E-state index contributed by atoms with van der Waals surface area (Å²) in [5, 5.41) is 2.90. The molecule has 0 radical (unpaired) electrons. The molecule has 3 aliphatic rings. The normalized spacial score (nSPS) is 20.0. The number of halogens is 7. The number of ether oxygens (including phenoxy) is 1. The average Bonchev–Trinajstić information content (AvgIpc) is 3.59. The van der Waals surface area contributed by atoms with Crippen molar-refractivity contribution in [3.05, 3.63) is 71.3 Å². The van der Waals surface area contributed by atoms with Crippen molar-refractivity contribution < 1.29 is 45.1 Å². The Morgan fingerprint density at radius 2 is 1.77 bits per heavy atom. The average molecular weight is 623 g/mol. The number of rotatable bonds is 2. The molecule has 1 fully saturated rings. The molecule has 0 bridgehead atoms. The highest BCUT2D eigenvalue weighted by atomic mass is 19.4. The lowest BCUT2D eigenvalue weighted by atomic mass is 9.97. The molecule has 9 nitrogen and oxygen atoms in total. The van der Waals surface area contributed by atoms with Crippen molar-refractivity contribution in [1.82, 2.24) is 29.1 Å². The summed E-state index contributed by atoms with van der Waals surface area (Å²) in [5.41, 5.74) is 1.39. The Balaban J connectivity index is 1.35. The van der Waals surface area contributed by atoms with E-state index in [2.05, 4.69) is 15.0 Å². The lowest BCUT2D eigenvalue weighted by molar-refractivity contribution is -0.400. The van der Waals surface area contributed by atoms with E-state index < -0.39 is 55.5 Å². The Morgan fingerprint density at radius 1 is 1.02 bits per heavy atom. The van der Waals surface area contributed by atoms with Gasteiger partial charge >= 0.3 is 24.4 Å². The van der Waals surface area contributed by atoms with Gasteiger partial charge in [-0.05, 0) is 35.4 Å². The van der Waals surface area contributed by atoms with Gasteiger partial charge in [-0.1, -0.05) is 6.07 Å². The van der Waals surface area contributed by atoms with E-state index >= 15 is 0 Å². The minimum Gasteiger partial charge on any atom is -0.348 e. The Bertz CT molecular complexity index is 1880. The van der Waals surface area contributed by atoms with E-state index in [0.717, 1.165) is 17.0 Å². The molecule has 1 saturated heterocycles. The first kappa shape index (κ1) is 28.2. The number of pyridine rings is 1. The topological polar surface area (TPSA) is 84.1 Å². The summed E-state index contributed by atoms with van der Waals surface area (Å²) in [6, 6.07) is 5.89. The van der Waals surface area contributed by atoms with Crippen molar-refractivity contribution in [2.45, 2.75) is 31.5 Å². The van der Waals surface area contributed by atoms with Gasteiger partial charge in [-0.15, -0.1) is 0 Å². The number of carbonyl (C=O) groups excluding carboxylic acids is 2. The van der Waals surface area contributed by atoms with Gasteiger partial charge in [-0.25, -0.2) is 9.78 Å². The summed E-state index contributed by atoms with van der Waals surface area (Å²) >= 11 is 0. The number of aromatic nitrogens is 3. The molecule has 3 amide bonds. The highest BCUT2D eigenvalue weighted by Crippen LogP contribution is 2.41. The van der Waals surface area contributed by atoms with Gasteiger partial charge in [0, 0.05) is 49.5 Å². The Hall–Kier alpha value is -4.60. The predicted octanol–water partition coefficient (Wildman–Crippen LogP) is 4.80. The summed E-state index contributed by atoms with van der Waals surface area (Å²) in [6.07, 6.45) is -8.63. The van der Waals surface area contributed by atoms with Gasteiger partial charge in [0.05, 0.1) is 28.5 Å². The lowest BCUT2D eigenvalue weighted by Crippen LogP contribution is -2.59. The van der Waals surface area contributed by atoms with Gasteiger partial charge in [0.2, 0.25) is 0 Å². The standard InChI is InChI=1S/C28H21F7N6O3/c29-26(30)13-40(14-27(31,32)44-26)25(43)39-6-5-38-12-19(17-8-16(28(33,34)35)7-15(11-39)23(17)38)18-9-37-24(42)22(18)20-10-36-21-3-1-2-4-41(20)21/h1-4,7-8,10,12H,5-6,9,11,13-14H2,(H,37,42). The summed E-state index contributed by atoms with van der Waals surface area (Å²) in [4.78, 5) is 31.8. The molecule has 1 N–H and O–H groups in total. The van der Waals surface area contributed by atoms with E-state index in [4.69, 9.17) is 0 Å². The molecule has 1 aromatic carbocycles. The number of amides is 3. The highest BCUT2D eigenvalue weighted by molar-refractivity contribution is 6.31. The maximum absolute atomic E-state index is 14.2. The van der Waals surface area contributed by atoms with Crippen LogP contribution in [0.4, 0.5) is 35.5 Å². The van der Waals surface area contributed by atoms with Gasteiger partial charge in [-0.2, -0.15) is 30.7 Å². The van der Waals surface area contributed by atoms with Crippen LogP contribution in [0.2, 0.25) is 0 Å². The van der Waals surface area contributed by atoms with E-state index in [9.17, 15) is 40.3 Å². The fraction of sp³-hybridized carbons (Fsp3) is 0.321. The summed E-state index contributed by atoms with van der Waals surface area (Å²) in [7, 11) is 0. The molecule has 230 valence electrons. The van der Waals surface area contributed by atoms with Gasteiger partial charge in [0.25, 0.3) is 5.91 Å². The molecular weight excluding hydrogens is 601 g/mol. The molecule has 0 unspecified atom stereocenters. The third-order valence-corrected chi connectivity index (χ3v) is 7.89. The molecule has 0 saturated carbocycles. The number of fused-ring (bicyclic) bond motifs is 1. The van der Waals surface area contributed by atoms with E-state index in [1.807, 2.05) is 0 Å². The van der Waals surface area contributed by atoms with Gasteiger partial charge < -0.3 is 19.7 Å². The van der Waals surface area contributed by atoms with Crippen LogP contribution in [0.1, 0.15) is 22.4 Å². The van der Waals surface area contributed by atoms with Crippen LogP contribution in [0.25, 0.3) is 27.7 Å². The second-order valence-corrected chi connectivity index (χ2v) is 10.8. The van der Waals surface area contributed by atoms with Crippen molar-refractivity contribution in [2.24, 2.45) is 0 Å². The number of benzene rings is 1. The van der Waals surface area contributed by atoms with E-state index in [0.29, 0.717) is 28.0 Å². The number of carbonyl (C=O) groups is 2. The van der Waals surface area contributed by atoms with Crippen molar-refractivity contribution in [3.8, 4) is 0 Å². The van der Waals surface area contributed by atoms with Crippen LogP contribution in [0, 0.1) is 0 Å². The van der Waals surface area contributed by atoms with E-state index in [1.54, 1.807) is 39.6 Å². The summed E-state index contributed by atoms with van der Waals surface area (Å²) in [6.45, 7) is -3.47. The molecule has 3 aliphatic heterocycles. The van der Waals surface area contributed by atoms with E-state index in [-0.39, 0.29) is 41.1 Å². The third-order valence-electron chi connectivity index (χ3n) is 7.89. The maximum atomic E-state index is 14.2. The second kappa shape index (κ2) is 9.45. The summed E-state index contributed by atoms with van der Waals surface area (Å²) in [5.74, 6) is -0.429. The smallest absolute Gasteiger partial charge is 0.348 e. The molecule has 16 heteroatoms. The quantitative estimate of drug-likeness (QED) is 0.326. The van der Waals surface area contributed by atoms with Crippen molar-refractivity contribution >= 4 is 39.6 Å². The maximum Gasteiger partial charge on any atom is 0.416 e. The predicted molar refractivity (Wildman–Crippen MR) is 140 cm³/mol.